The van der Waals surface area contributed by atoms with Gasteiger partial charge in [0.2, 0.25) is 0 Å². The number of amides is 1. The summed E-state index contributed by atoms with van der Waals surface area (Å²) in [6, 6.07) is 7.93. The molecule has 0 aliphatic heterocycles. The van der Waals surface area contributed by atoms with Crippen molar-refractivity contribution in [2.24, 2.45) is 0 Å². The molecule has 0 aliphatic rings. The average Bonchev–Trinajstić information content (AvgIpc) is 2.33. The minimum Gasteiger partial charge on any atom is -0.397 e. The maximum absolute atomic E-state index is 13.5. The van der Waals surface area contributed by atoms with Gasteiger partial charge in [-0.05, 0) is 30.7 Å². The largest absolute Gasteiger partial charge is 0.397 e. The molecule has 3 nitrogen and oxygen atoms in total. The van der Waals surface area contributed by atoms with Gasteiger partial charge in [-0.15, -0.1) is 0 Å². The molecule has 0 aromatic heterocycles. The van der Waals surface area contributed by atoms with Gasteiger partial charge in [-0.1, -0.05) is 12.1 Å². The first-order valence-corrected chi connectivity index (χ1v) is 5.60. The molecule has 0 radical (unpaired) electrons. The Labute approximate surface area is 109 Å². The zero-order chi connectivity index (χ0) is 14.0. The Morgan fingerprint density at radius 3 is 2.58 bits per heavy atom. The second kappa shape index (κ2) is 5.06. The summed E-state index contributed by atoms with van der Waals surface area (Å²) in [7, 11) is 0. The van der Waals surface area contributed by atoms with Crippen molar-refractivity contribution in [3.63, 3.8) is 0 Å². The zero-order valence-electron chi connectivity index (χ0n) is 10.2. The van der Waals surface area contributed by atoms with Crippen LogP contribution in [0.15, 0.2) is 36.4 Å². The number of rotatable bonds is 2. The third-order valence-corrected chi connectivity index (χ3v) is 2.72. The van der Waals surface area contributed by atoms with Gasteiger partial charge in [0.15, 0.2) is 0 Å². The maximum Gasteiger partial charge on any atom is 0.258 e. The van der Waals surface area contributed by atoms with Crippen LogP contribution < -0.4 is 11.1 Å². The SMILES string of the molecule is Cc1cccc(N)c1NC(=O)c1ccc(F)cc1F. The monoisotopic (exact) mass is 262 g/mol. The minimum absolute atomic E-state index is 0.232. The van der Waals surface area contributed by atoms with Gasteiger partial charge in [-0.2, -0.15) is 0 Å². The molecule has 5 heteroatoms. The number of carbonyl (C=O) groups excluding carboxylic acids is 1. The molecule has 0 atom stereocenters. The first-order chi connectivity index (χ1) is 8.99. The lowest BCUT2D eigenvalue weighted by Gasteiger charge is -2.11. The molecule has 2 aromatic carbocycles. The van der Waals surface area contributed by atoms with E-state index in [1.807, 2.05) is 0 Å². The van der Waals surface area contributed by atoms with Gasteiger partial charge in [-0.25, -0.2) is 8.78 Å². The molecule has 0 fully saturated rings. The Bertz CT molecular complexity index is 621. The van der Waals surface area contributed by atoms with Crippen molar-refractivity contribution in [2.75, 3.05) is 11.1 Å². The van der Waals surface area contributed by atoms with E-state index in [9.17, 15) is 13.6 Å². The first-order valence-electron chi connectivity index (χ1n) is 5.60. The molecule has 0 heterocycles. The molecule has 19 heavy (non-hydrogen) atoms. The highest BCUT2D eigenvalue weighted by molar-refractivity contribution is 6.06. The van der Waals surface area contributed by atoms with Crippen LogP contribution in [0.2, 0.25) is 0 Å². The number of benzene rings is 2. The molecule has 2 rings (SSSR count). The Kier molecular flexibility index (Phi) is 3.46. The van der Waals surface area contributed by atoms with Crippen LogP contribution in [-0.2, 0) is 0 Å². The van der Waals surface area contributed by atoms with Crippen LogP contribution in [0.1, 0.15) is 15.9 Å². The summed E-state index contributed by atoms with van der Waals surface area (Å²) >= 11 is 0. The van der Waals surface area contributed by atoms with Crippen LogP contribution in [-0.4, -0.2) is 5.91 Å². The number of nitrogen functional groups attached to an aromatic ring is 1. The Balaban J connectivity index is 2.31. The quantitative estimate of drug-likeness (QED) is 0.817. The second-order valence-corrected chi connectivity index (χ2v) is 4.12. The fourth-order valence-corrected chi connectivity index (χ4v) is 1.72. The van der Waals surface area contributed by atoms with Crippen LogP contribution in [0.4, 0.5) is 20.2 Å². The molecule has 0 unspecified atom stereocenters. The van der Waals surface area contributed by atoms with Gasteiger partial charge in [0.05, 0.1) is 16.9 Å². The van der Waals surface area contributed by atoms with Gasteiger partial charge in [0, 0.05) is 6.07 Å². The molecule has 0 bridgehead atoms. The number of nitrogens with one attached hydrogen (secondary N) is 1. The van der Waals surface area contributed by atoms with E-state index in [4.69, 9.17) is 5.73 Å². The van der Waals surface area contributed by atoms with Crippen LogP contribution in [0, 0.1) is 18.6 Å². The highest BCUT2D eigenvalue weighted by atomic mass is 19.1. The molecule has 0 aliphatic carbocycles. The predicted molar refractivity (Wildman–Crippen MR) is 69.9 cm³/mol. The highest BCUT2D eigenvalue weighted by Gasteiger charge is 2.14. The van der Waals surface area contributed by atoms with Crippen molar-refractivity contribution in [3.8, 4) is 0 Å². The number of hydrogen-bond donors (Lipinski definition) is 2. The van der Waals surface area contributed by atoms with Gasteiger partial charge in [0.25, 0.3) is 5.91 Å². The molecule has 3 N–H and O–H groups in total. The number of halogens is 2. The fourth-order valence-electron chi connectivity index (χ4n) is 1.72. The average molecular weight is 262 g/mol. The van der Waals surface area contributed by atoms with Crippen molar-refractivity contribution >= 4 is 17.3 Å². The number of hydrogen-bond acceptors (Lipinski definition) is 2. The lowest BCUT2D eigenvalue weighted by Crippen LogP contribution is -2.15. The summed E-state index contributed by atoms with van der Waals surface area (Å²) in [4.78, 5) is 11.9. The van der Waals surface area contributed by atoms with E-state index >= 15 is 0 Å². The molecule has 0 saturated carbocycles. The second-order valence-electron chi connectivity index (χ2n) is 4.12. The standard InChI is InChI=1S/C14H12F2N2O/c1-8-3-2-4-12(17)13(8)18-14(19)10-6-5-9(15)7-11(10)16/h2-7H,17H2,1H3,(H,18,19). The summed E-state index contributed by atoms with van der Waals surface area (Å²) in [5, 5.41) is 2.53. The van der Waals surface area contributed by atoms with Crippen molar-refractivity contribution in [2.45, 2.75) is 6.92 Å². The molecule has 1 amide bonds. The third-order valence-electron chi connectivity index (χ3n) is 2.72. The van der Waals surface area contributed by atoms with Crippen LogP contribution in [0.25, 0.3) is 0 Å². The number of anilines is 2. The van der Waals surface area contributed by atoms with Gasteiger partial charge in [-0.3, -0.25) is 4.79 Å². The Morgan fingerprint density at radius 1 is 1.21 bits per heavy atom. The Morgan fingerprint density at radius 2 is 1.95 bits per heavy atom. The topological polar surface area (TPSA) is 55.1 Å². The van der Waals surface area contributed by atoms with Crippen molar-refractivity contribution < 1.29 is 13.6 Å². The summed E-state index contributed by atoms with van der Waals surface area (Å²) in [6.07, 6.45) is 0. The van der Waals surface area contributed by atoms with Crippen molar-refractivity contribution in [3.05, 3.63) is 59.2 Å². The first kappa shape index (κ1) is 13.0. The Hall–Kier alpha value is -2.43. The van der Waals surface area contributed by atoms with Crippen LogP contribution in [0.3, 0.4) is 0 Å². The van der Waals surface area contributed by atoms with E-state index in [-0.39, 0.29) is 5.56 Å². The number of para-hydroxylation sites is 1. The lowest BCUT2D eigenvalue weighted by atomic mass is 10.1. The van der Waals surface area contributed by atoms with Gasteiger partial charge >= 0.3 is 0 Å². The highest BCUT2D eigenvalue weighted by Crippen LogP contribution is 2.23. The predicted octanol–water partition coefficient (Wildman–Crippen LogP) is 3.11. The van der Waals surface area contributed by atoms with E-state index in [0.29, 0.717) is 17.4 Å². The van der Waals surface area contributed by atoms with E-state index in [2.05, 4.69) is 5.32 Å². The van der Waals surface area contributed by atoms with Crippen molar-refractivity contribution in [1.82, 2.24) is 0 Å². The summed E-state index contributed by atoms with van der Waals surface area (Å²) < 4.78 is 26.2. The molecular weight excluding hydrogens is 250 g/mol. The summed E-state index contributed by atoms with van der Waals surface area (Å²) in [6.45, 7) is 1.77. The number of aryl methyl sites for hydroxylation is 1. The smallest absolute Gasteiger partial charge is 0.258 e. The summed E-state index contributed by atoms with van der Waals surface area (Å²) in [5.41, 5.74) is 7.08. The number of nitrogens with two attached hydrogens (primary N) is 1. The number of carbonyl (C=O) groups is 1. The normalized spacial score (nSPS) is 10.3. The van der Waals surface area contributed by atoms with E-state index in [0.717, 1.165) is 17.7 Å². The van der Waals surface area contributed by atoms with E-state index in [1.54, 1.807) is 25.1 Å². The molecule has 0 spiro atoms. The zero-order valence-corrected chi connectivity index (χ0v) is 10.2. The van der Waals surface area contributed by atoms with E-state index in [1.165, 1.54) is 0 Å². The van der Waals surface area contributed by atoms with E-state index < -0.39 is 17.5 Å². The molecule has 2 aromatic rings. The van der Waals surface area contributed by atoms with Crippen LogP contribution >= 0.6 is 0 Å². The van der Waals surface area contributed by atoms with Gasteiger partial charge < -0.3 is 11.1 Å². The maximum atomic E-state index is 13.5. The van der Waals surface area contributed by atoms with Gasteiger partial charge in [0.1, 0.15) is 11.6 Å². The third kappa shape index (κ3) is 2.70. The molecule has 0 saturated heterocycles. The van der Waals surface area contributed by atoms with Crippen LogP contribution in [0.5, 0.6) is 0 Å². The minimum atomic E-state index is -0.912. The molecular formula is C14H12F2N2O. The van der Waals surface area contributed by atoms with Crippen molar-refractivity contribution in [1.29, 1.82) is 0 Å². The molecule has 98 valence electrons. The summed E-state index contributed by atoms with van der Waals surface area (Å²) in [5.74, 6) is -2.31. The lowest BCUT2D eigenvalue weighted by molar-refractivity contribution is 0.102. The fraction of sp³-hybridized carbons (Fsp3) is 0.0714.